The Balaban J connectivity index is 3.55. The molecule has 0 bridgehead atoms. The lowest BCUT2D eigenvalue weighted by atomic mass is 10.1. The fourth-order valence-electron chi connectivity index (χ4n) is 1.35. The molecule has 106 valence electrons. The van der Waals surface area contributed by atoms with E-state index in [9.17, 15) is 28.1 Å². The van der Waals surface area contributed by atoms with Crippen molar-refractivity contribution < 1.29 is 27.6 Å². The highest BCUT2D eigenvalue weighted by molar-refractivity contribution is 8.00. The summed E-state index contributed by atoms with van der Waals surface area (Å²) in [6.07, 6.45) is 0. The number of ether oxygens (including phenoxy) is 1. The quantitative estimate of drug-likeness (QED) is 0.369. The maximum atomic E-state index is 12.3. The smallest absolute Gasteiger partial charge is 0.446 e. The largest absolute Gasteiger partial charge is 0.465 e. The summed E-state index contributed by atoms with van der Waals surface area (Å²) in [4.78, 5) is 20.3. The number of methoxy groups -OCH3 is 1. The third kappa shape index (κ3) is 3.39. The Hall–Kier alpha value is -2.28. The zero-order valence-corrected chi connectivity index (χ0v) is 10.5. The van der Waals surface area contributed by atoms with E-state index in [1.165, 1.54) is 6.07 Å². The second kappa shape index (κ2) is 5.79. The van der Waals surface area contributed by atoms with Crippen LogP contribution in [0.4, 0.5) is 18.9 Å². The summed E-state index contributed by atoms with van der Waals surface area (Å²) in [5.41, 5.74) is -7.06. The summed E-state index contributed by atoms with van der Waals surface area (Å²) in [5.74, 6) is -1.05. The molecular formula is C10H5F3N2O4S. The molecule has 0 aromatic heterocycles. The Bertz CT molecular complexity index is 610. The minimum atomic E-state index is -4.76. The van der Waals surface area contributed by atoms with Crippen LogP contribution in [-0.4, -0.2) is 23.5 Å². The monoisotopic (exact) mass is 306 g/mol. The number of carbonyl (C=O) groups excluding carboxylic acids is 1. The molecule has 10 heteroatoms. The molecule has 0 aliphatic rings. The van der Waals surface area contributed by atoms with Gasteiger partial charge in [0.25, 0.3) is 0 Å². The number of benzene rings is 1. The molecule has 6 nitrogen and oxygen atoms in total. The average Bonchev–Trinajstić information content (AvgIpc) is 2.34. The fraction of sp³-hybridized carbons (Fsp3) is 0.200. The summed E-state index contributed by atoms with van der Waals surface area (Å²) in [6, 6.07) is 3.00. The molecule has 1 aromatic carbocycles. The van der Waals surface area contributed by atoms with Crippen molar-refractivity contribution in [2.75, 3.05) is 7.11 Å². The van der Waals surface area contributed by atoms with Crippen LogP contribution in [0.5, 0.6) is 0 Å². The normalized spacial score (nSPS) is 10.8. The molecule has 0 radical (unpaired) electrons. The zero-order chi connectivity index (χ0) is 15.5. The molecule has 20 heavy (non-hydrogen) atoms. The molecule has 0 fully saturated rings. The van der Waals surface area contributed by atoms with E-state index in [1.807, 2.05) is 0 Å². The summed E-state index contributed by atoms with van der Waals surface area (Å²) in [5, 5.41) is 19.7. The number of hydrogen-bond donors (Lipinski definition) is 0. The van der Waals surface area contributed by atoms with Gasteiger partial charge in [-0.05, 0) is 23.9 Å². The van der Waals surface area contributed by atoms with E-state index >= 15 is 0 Å². The first-order valence-corrected chi connectivity index (χ1v) is 5.58. The van der Waals surface area contributed by atoms with Crippen LogP contribution < -0.4 is 0 Å². The highest BCUT2D eigenvalue weighted by Crippen LogP contribution is 2.43. The molecule has 0 saturated heterocycles. The molecule has 0 amide bonds. The number of nitro groups is 1. The zero-order valence-electron chi connectivity index (χ0n) is 9.72. The lowest BCUT2D eigenvalue weighted by Gasteiger charge is -2.09. The second-order valence-electron chi connectivity index (χ2n) is 3.24. The maximum absolute atomic E-state index is 12.3. The van der Waals surface area contributed by atoms with Gasteiger partial charge in [0.1, 0.15) is 11.6 Å². The van der Waals surface area contributed by atoms with E-state index in [0.717, 1.165) is 19.2 Å². The Kier molecular flexibility index (Phi) is 4.57. The number of nitrogens with zero attached hydrogens (tertiary/aromatic N) is 2. The molecule has 0 aliphatic heterocycles. The van der Waals surface area contributed by atoms with Gasteiger partial charge < -0.3 is 4.74 Å². The number of nitro benzene ring substituents is 1. The van der Waals surface area contributed by atoms with Gasteiger partial charge in [-0.3, -0.25) is 10.1 Å². The van der Waals surface area contributed by atoms with Crippen LogP contribution in [0.1, 0.15) is 15.9 Å². The number of thioether (sulfide) groups is 1. The minimum Gasteiger partial charge on any atom is -0.465 e. The van der Waals surface area contributed by atoms with Gasteiger partial charge in [-0.2, -0.15) is 18.4 Å². The van der Waals surface area contributed by atoms with Crippen molar-refractivity contribution in [2.45, 2.75) is 10.4 Å². The molecule has 1 aromatic rings. The number of esters is 1. The number of halogens is 3. The number of hydrogen-bond acceptors (Lipinski definition) is 6. The van der Waals surface area contributed by atoms with Gasteiger partial charge in [-0.15, -0.1) is 0 Å². The van der Waals surface area contributed by atoms with Crippen molar-refractivity contribution in [3.63, 3.8) is 0 Å². The first-order chi connectivity index (χ1) is 9.21. The number of alkyl halides is 3. The second-order valence-corrected chi connectivity index (χ2v) is 4.35. The standard InChI is InChI=1S/C10H5F3N2O4S/c1-19-9(16)5-2-3-7(20-10(11,12)13)8(15(17)18)6(5)4-14/h2-3H,1H3. The predicted octanol–water partition coefficient (Wildman–Crippen LogP) is 2.86. The van der Waals surface area contributed by atoms with E-state index in [-0.39, 0.29) is 0 Å². The van der Waals surface area contributed by atoms with Crippen LogP contribution in [-0.2, 0) is 4.74 Å². The van der Waals surface area contributed by atoms with Crippen molar-refractivity contribution >= 4 is 23.4 Å². The summed E-state index contributed by atoms with van der Waals surface area (Å²) >= 11 is -0.732. The Morgan fingerprint density at radius 3 is 2.50 bits per heavy atom. The number of rotatable bonds is 3. The SMILES string of the molecule is COC(=O)c1ccc(SC(F)(F)F)c([N+](=O)[O-])c1C#N. The lowest BCUT2D eigenvalue weighted by Crippen LogP contribution is -2.09. The van der Waals surface area contributed by atoms with Crippen LogP contribution in [0.25, 0.3) is 0 Å². The predicted molar refractivity (Wildman–Crippen MR) is 61.1 cm³/mol. The molecule has 1 rings (SSSR count). The van der Waals surface area contributed by atoms with Gasteiger partial charge in [-0.1, -0.05) is 0 Å². The van der Waals surface area contributed by atoms with Crippen molar-refractivity contribution in [1.82, 2.24) is 0 Å². The van der Waals surface area contributed by atoms with E-state index in [0.29, 0.717) is 0 Å². The van der Waals surface area contributed by atoms with Gasteiger partial charge in [-0.25, -0.2) is 4.79 Å². The highest BCUT2D eigenvalue weighted by Gasteiger charge is 2.36. The van der Waals surface area contributed by atoms with Crippen LogP contribution in [0.15, 0.2) is 17.0 Å². The van der Waals surface area contributed by atoms with Crippen LogP contribution in [0.3, 0.4) is 0 Å². The molecule has 0 unspecified atom stereocenters. The van der Waals surface area contributed by atoms with E-state index < -0.39 is 49.9 Å². The van der Waals surface area contributed by atoms with Crippen molar-refractivity contribution in [2.24, 2.45) is 0 Å². The molecule has 0 N–H and O–H groups in total. The van der Waals surface area contributed by atoms with Gasteiger partial charge in [0.15, 0.2) is 0 Å². The molecule has 0 spiro atoms. The van der Waals surface area contributed by atoms with Crippen LogP contribution in [0.2, 0.25) is 0 Å². The number of carbonyl (C=O) groups is 1. The third-order valence-corrected chi connectivity index (χ3v) is 2.85. The van der Waals surface area contributed by atoms with Gasteiger partial charge >= 0.3 is 17.2 Å². The summed E-state index contributed by atoms with van der Waals surface area (Å²) in [6.45, 7) is 0. The Morgan fingerprint density at radius 1 is 1.50 bits per heavy atom. The number of nitriles is 1. The van der Waals surface area contributed by atoms with Gasteiger partial charge in [0.05, 0.1) is 22.5 Å². The van der Waals surface area contributed by atoms with E-state index in [2.05, 4.69) is 4.74 Å². The van der Waals surface area contributed by atoms with E-state index in [4.69, 9.17) is 5.26 Å². The van der Waals surface area contributed by atoms with Gasteiger partial charge in [0.2, 0.25) is 0 Å². The first kappa shape index (κ1) is 15.8. The van der Waals surface area contributed by atoms with Crippen LogP contribution in [0, 0.1) is 21.4 Å². The molecule has 0 heterocycles. The highest BCUT2D eigenvalue weighted by atomic mass is 32.2. The molecule has 0 atom stereocenters. The first-order valence-electron chi connectivity index (χ1n) is 4.76. The third-order valence-electron chi connectivity index (χ3n) is 2.07. The lowest BCUT2D eigenvalue weighted by molar-refractivity contribution is -0.388. The van der Waals surface area contributed by atoms with Crippen LogP contribution >= 0.6 is 11.8 Å². The fourth-order valence-corrected chi connectivity index (χ4v) is 2.01. The average molecular weight is 306 g/mol. The maximum Gasteiger partial charge on any atom is 0.446 e. The minimum absolute atomic E-state index is 0.465. The molecule has 0 saturated carbocycles. The molecule has 0 aliphatic carbocycles. The van der Waals surface area contributed by atoms with Crippen molar-refractivity contribution in [1.29, 1.82) is 5.26 Å². The van der Waals surface area contributed by atoms with E-state index in [1.54, 1.807) is 0 Å². The Morgan fingerprint density at radius 2 is 2.10 bits per heavy atom. The Labute approximate surface area is 114 Å². The van der Waals surface area contributed by atoms with Gasteiger partial charge in [0, 0.05) is 0 Å². The molecular weight excluding hydrogens is 301 g/mol. The summed E-state index contributed by atoms with van der Waals surface area (Å²) in [7, 11) is 0.980. The van der Waals surface area contributed by atoms with Crippen molar-refractivity contribution in [3.8, 4) is 6.07 Å². The van der Waals surface area contributed by atoms with Crippen molar-refractivity contribution in [3.05, 3.63) is 33.4 Å². The topological polar surface area (TPSA) is 93.2 Å². The summed E-state index contributed by atoms with van der Waals surface area (Å²) < 4.78 is 41.2.